The first-order valence-corrected chi connectivity index (χ1v) is 7.66. The van der Waals surface area contributed by atoms with Crippen molar-refractivity contribution in [1.29, 1.82) is 0 Å². The van der Waals surface area contributed by atoms with E-state index in [1.54, 1.807) is 11.3 Å². The molecule has 1 amide bonds. The summed E-state index contributed by atoms with van der Waals surface area (Å²) in [6.45, 7) is 0. The van der Waals surface area contributed by atoms with E-state index in [0.717, 1.165) is 21.5 Å². The van der Waals surface area contributed by atoms with Gasteiger partial charge >= 0.3 is 0 Å². The SMILES string of the molecule is O=C1NC(=S)/C(=C/c2ccc(-c3ccccc3)s2)S1. The Bertz CT molecular complexity index is 673. The average molecular weight is 303 g/mol. The fourth-order valence-corrected chi connectivity index (χ4v) is 3.79. The summed E-state index contributed by atoms with van der Waals surface area (Å²) in [4.78, 5) is 14.9. The number of hydrogen-bond donors (Lipinski definition) is 1. The van der Waals surface area contributed by atoms with Gasteiger partial charge in [0.2, 0.25) is 0 Å². The number of benzene rings is 1. The van der Waals surface area contributed by atoms with Crippen LogP contribution in [0.3, 0.4) is 0 Å². The molecule has 1 aliphatic rings. The fourth-order valence-electron chi connectivity index (χ4n) is 1.74. The molecule has 2 heterocycles. The lowest BCUT2D eigenvalue weighted by Crippen LogP contribution is -2.15. The largest absolute Gasteiger partial charge is 0.307 e. The van der Waals surface area contributed by atoms with Crippen LogP contribution in [0.15, 0.2) is 47.4 Å². The monoisotopic (exact) mass is 303 g/mol. The lowest BCUT2D eigenvalue weighted by Gasteiger charge is -1.95. The fraction of sp³-hybridized carbons (Fsp3) is 0. The van der Waals surface area contributed by atoms with Crippen LogP contribution in [0.4, 0.5) is 4.79 Å². The molecule has 0 atom stereocenters. The summed E-state index contributed by atoms with van der Waals surface area (Å²) in [7, 11) is 0. The van der Waals surface area contributed by atoms with E-state index < -0.39 is 0 Å². The molecule has 1 saturated heterocycles. The van der Waals surface area contributed by atoms with Crippen LogP contribution < -0.4 is 5.32 Å². The summed E-state index contributed by atoms with van der Waals surface area (Å²) in [5.74, 6) is 0. The second kappa shape index (κ2) is 5.28. The van der Waals surface area contributed by atoms with Crippen molar-refractivity contribution >= 4 is 51.6 Å². The zero-order valence-corrected chi connectivity index (χ0v) is 12.2. The third-order valence-electron chi connectivity index (χ3n) is 2.60. The minimum Gasteiger partial charge on any atom is -0.307 e. The normalized spacial score (nSPS) is 16.9. The van der Waals surface area contributed by atoms with E-state index in [-0.39, 0.29) is 5.24 Å². The molecular weight excluding hydrogens is 294 g/mol. The van der Waals surface area contributed by atoms with Crippen molar-refractivity contribution in [2.24, 2.45) is 0 Å². The molecule has 1 aromatic carbocycles. The van der Waals surface area contributed by atoms with E-state index in [1.807, 2.05) is 30.3 Å². The molecule has 0 bridgehead atoms. The number of amides is 1. The van der Waals surface area contributed by atoms with Gasteiger partial charge in [-0.05, 0) is 35.5 Å². The molecule has 1 aromatic heterocycles. The maximum absolute atomic E-state index is 11.2. The van der Waals surface area contributed by atoms with Gasteiger partial charge in [-0.25, -0.2) is 0 Å². The van der Waals surface area contributed by atoms with E-state index in [2.05, 4.69) is 23.5 Å². The quantitative estimate of drug-likeness (QED) is 0.652. The Hall–Kier alpha value is -1.43. The molecule has 0 saturated carbocycles. The van der Waals surface area contributed by atoms with Gasteiger partial charge in [-0.15, -0.1) is 11.3 Å². The van der Waals surface area contributed by atoms with E-state index in [4.69, 9.17) is 12.2 Å². The van der Waals surface area contributed by atoms with E-state index in [0.29, 0.717) is 4.99 Å². The molecule has 2 nitrogen and oxygen atoms in total. The number of hydrogen-bond acceptors (Lipinski definition) is 4. The van der Waals surface area contributed by atoms with Gasteiger partial charge in [-0.1, -0.05) is 42.5 Å². The first kappa shape index (κ1) is 12.6. The van der Waals surface area contributed by atoms with E-state index in [1.165, 1.54) is 10.4 Å². The summed E-state index contributed by atoms with van der Waals surface area (Å²) in [5, 5.41) is 2.52. The van der Waals surface area contributed by atoms with Crippen LogP contribution in [0.2, 0.25) is 0 Å². The highest BCUT2D eigenvalue weighted by molar-refractivity contribution is 8.19. The average Bonchev–Trinajstić information content (AvgIpc) is 2.99. The maximum atomic E-state index is 11.2. The summed E-state index contributed by atoms with van der Waals surface area (Å²) in [5.41, 5.74) is 1.20. The zero-order chi connectivity index (χ0) is 13.2. The van der Waals surface area contributed by atoms with Gasteiger partial charge in [0.25, 0.3) is 5.24 Å². The Morgan fingerprint density at radius 1 is 1.11 bits per heavy atom. The molecule has 0 spiro atoms. The van der Waals surface area contributed by atoms with Gasteiger partial charge in [0.05, 0.1) is 4.91 Å². The third kappa shape index (κ3) is 2.78. The van der Waals surface area contributed by atoms with Crippen molar-refractivity contribution in [3.63, 3.8) is 0 Å². The van der Waals surface area contributed by atoms with Crippen LogP contribution in [0.1, 0.15) is 4.88 Å². The Balaban J connectivity index is 1.89. The number of thiocarbonyl (C=S) groups is 1. The standard InChI is InChI=1S/C14H9NOS3/c16-14-15-13(17)12(19-14)8-10-6-7-11(18-10)9-4-2-1-3-5-9/h1-8H,(H,15,16,17)/b12-8-. The Morgan fingerprint density at radius 2 is 1.89 bits per heavy atom. The van der Waals surface area contributed by atoms with Gasteiger partial charge < -0.3 is 5.32 Å². The van der Waals surface area contributed by atoms with Gasteiger partial charge in [-0.2, -0.15) is 0 Å². The number of carbonyl (C=O) groups excluding carboxylic acids is 1. The number of nitrogens with one attached hydrogen (secondary N) is 1. The topological polar surface area (TPSA) is 29.1 Å². The molecule has 0 radical (unpaired) electrons. The predicted octanol–water partition coefficient (Wildman–Crippen LogP) is 4.54. The Labute approximate surface area is 124 Å². The molecule has 0 aliphatic carbocycles. The predicted molar refractivity (Wildman–Crippen MR) is 86.5 cm³/mol. The van der Waals surface area contributed by atoms with Crippen LogP contribution in [0.25, 0.3) is 16.5 Å². The van der Waals surface area contributed by atoms with Crippen molar-refractivity contribution < 1.29 is 4.79 Å². The van der Waals surface area contributed by atoms with Crippen molar-refractivity contribution in [3.05, 3.63) is 52.2 Å². The molecule has 5 heteroatoms. The van der Waals surface area contributed by atoms with Gasteiger partial charge in [-0.3, -0.25) is 4.79 Å². The van der Waals surface area contributed by atoms with Crippen molar-refractivity contribution in [1.82, 2.24) is 5.32 Å². The molecule has 1 aliphatic heterocycles. The van der Waals surface area contributed by atoms with Crippen molar-refractivity contribution in [3.8, 4) is 10.4 Å². The van der Waals surface area contributed by atoms with Crippen LogP contribution in [-0.2, 0) is 0 Å². The summed E-state index contributed by atoms with van der Waals surface area (Å²) < 4.78 is 0. The molecule has 1 N–H and O–H groups in total. The molecular formula is C14H9NOS3. The Kier molecular flexibility index (Phi) is 3.50. The van der Waals surface area contributed by atoms with E-state index in [9.17, 15) is 4.79 Å². The van der Waals surface area contributed by atoms with Crippen molar-refractivity contribution in [2.75, 3.05) is 0 Å². The summed E-state index contributed by atoms with van der Waals surface area (Å²) in [6, 6.07) is 14.4. The molecule has 2 aromatic rings. The minimum atomic E-state index is -0.101. The van der Waals surface area contributed by atoms with Crippen LogP contribution in [0, 0.1) is 0 Å². The first-order valence-electron chi connectivity index (χ1n) is 5.62. The first-order chi connectivity index (χ1) is 9.22. The lowest BCUT2D eigenvalue weighted by atomic mass is 10.2. The molecule has 3 rings (SSSR count). The highest BCUT2D eigenvalue weighted by atomic mass is 32.2. The van der Waals surface area contributed by atoms with Crippen LogP contribution in [-0.4, -0.2) is 10.2 Å². The molecule has 19 heavy (non-hydrogen) atoms. The number of thioether (sulfide) groups is 1. The number of thiophene rings is 1. The van der Waals surface area contributed by atoms with Gasteiger partial charge in [0, 0.05) is 9.75 Å². The minimum absolute atomic E-state index is 0.101. The highest BCUT2D eigenvalue weighted by Crippen LogP contribution is 2.32. The van der Waals surface area contributed by atoms with Crippen molar-refractivity contribution in [2.45, 2.75) is 0 Å². The van der Waals surface area contributed by atoms with Crippen LogP contribution >= 0.6 is 35.3 Å². The second-order valence-electron chi connectivity index (χ2n) is 3.92. The van der Waals surface area contributed by atoms with Crippen LogP contribution in [0.5, 0.6) is 0 Å². The third-order valence-corrected chi connectivity index (χ3v) is 4.96. The zero-order valence-electron chi connectivity index (χ0n) is 9.75. The number of carbonyl (C=O) groups is 1. The molecule has 1 fully saturated rings. The maximum Gasteiger partial charge on any atom is 0.289 e. The molecule has 0 unspecified atom stereocenters. The van der Waals surface area contributed by atoms with Gasteiger partial charge in [0.15, 0.2) is 0 Å². The highest BCUT2D eigenvalue weighted by Gasteiger charge is 2.21. The lowest BCUT2D eigenvalue weighted by molar-refractivity contribution is 0.265. The second-order valence-corrected chi connectivity index (χ2v) is 6.46. The van der Waals surface area contributed by atoms with E-state index >= 15 is 0 Å². The summed E-state index contributed by atoms with van der Waals surface area (Å²) >= 11 is 7.94. The Morgan fingerprint density at radius 3 is 2.58 bits per heavy atom. The smallest absolute Gasteiger partial charge is 0.289 e. The van der Waals surface area contributed by atoms with Gasteiger partial charge in [0.1, 0.15) is 4.99 Å². The molecule has 94 valence electrons. The summed E-state index contributed by atoms with van der Waals surface area (Å²) in [6.07, 6.45) is 1.96. The number of rotatable bonds is 2.